The van der Waals surface area contributed by atoms with Crippen molar-refractivity contribution in [2.75, 3.05) is 6.61 Å². The van der Waals surface area contributed by atoms with Gasteiger partial charge in [0.25, 0.3) is 0 Å². The Hall–Kier alpha value is -2.95. The minimum absolute atomic E-state index is 0.0272. The number of hydrogen-bond donors (Lipinski definition) is 0. The monoisotopic (exact) mass is 419 g/mol. The molecule has 164 valence electrons. The lowest BCUT2D eigenvalue weighted by atomic mass is 9.82. The number of fused-ring (bicyclic) bond motifs is 5. The molecule has 1 aromatic carbocycles. The maximum atomic E-state index is 6.07. The third-order valence-corrected chi connectivity index (χ3v) is 5.84. The summed E-state index contributed by atoms with van der Waals surface area (Å²) in [6.45, 7) is 22.6. The fourth-order valence-electron chi connectivity index (χ4n) is 4.38. The molecule has 1 unspecified atom stereocenters. The fourth-order valence-corrected chi connectivity index (χ4v) is 4.38. The summed E-state index contributed by atoms with van der Waals surface area (Å²) in [5.41, 5.74) is 4.98. The van der Waals surface area contributed by atoms with Gasteiger partial charge in [0.2, 0.25) is 0 Å². The first-order valence-corrected chi connectivity index (χ1v) is 11.0. The molecule has 0 saturated heterocycles. The van der Waals surface area contributed by atoms with Crippen molar-refractivity contribution in [3.8, 4) is 5.75 Å². The minimum atomic E-state index is 0.0272. The molecule has 4 rings (SSSR count). The lowest BCUT2D eigenvalue weighted by Gasteiger charge is -2.46. The molecule has 0 amide bonds. The van der Waals surface area contributed by atoms with Gasteiger partial charge < -0.3 is 14.4 Å². The second-order valence-electron chi connectivity index (χ2n) is 9.59. The predicted molar refractivity (Wildman–Crippen MR) is 127 cm³/mol. The summed E-state index contributed by atoms with van der Waals surface area (Å²) >= 11 is 0. The zero-order valence-corrected chi connectivity index (χ0v) is 19.5. The number of hydrogen-bond acceptors (Lipinski definition) is 4. The Balaban J connectivity index is 1.90. The average Bonchev–Trinajstić information content (AvgIpc) is 3.06. The van der Waals surface area contributed by atoms with E-state index in [1.54, 1.807) is 0 Å². The van der Waals surface area contributed by atoms with Crippen LogP contribution in [0.1, 0.15) is 47.2 Å². The lowest BCUT2D eigenvalue weighted by molar-refractivity contribution is 0.155. The van der Waals surface area contributed by atoms with Crippen LogP contribution in [0.4, 0.5) is 0 Å². The SMILES string of the molecule is C=C1C=C2c3c4cccc(OC(C)C)c4nn3CC(C(C)(C)C)N2C=C1C(=C)OCC. The van der Waals surface area contributed by atoms with Crippen LogP contribution in [0, 0.1) is 5.41 Å². The largest absolute Gasteiger partial charge is 0.494 e. The number of allylic oxidation sites excluding steroid dienone is 2. The van der Waals surface area contributed by atoms with Crippen molar-refractivity contribution in [3.05, 3.63) is 66.2 Å². The van der Waals surface area contributed by atoms with Crippen molar-refractivity contribution in [3.63, 3.8) is 0 Å². The summed E-state index contributed by atoms with van der Waals surface area (Å²) in [5.74, 6) is 1.48. The normalized spacial score (nSPS) is 18.5. The number of ether oxygens (including phenoxy) is 2. The summed E-state index contributed by atoms with van der Waals surface area (Å²) in [6, 6.07) is 6.38. The van der Waals surface area contributed by atoms with E-state index in [-0.39, 0.29) is 17.6 Å². The van der Waals surface area contributed by atoms with Crippen molar-refractivity contribution in [1.29, 1.82) is 0 Å². The van der Waals surface area contributed by atoms with Crippen LogP contribution in [0.3, 0.4) is 0 Å². The van der Waals surface area contributed by atoms with E-state index in [1.807, 2.05) is 32.9 Å². The highest BCUT2D eigenvalue weighted by atomic mass is 16.5. The van der Waals surface area contributed by atoms with Gasteiger partial charge in [0, 0.05) is 17.2 Å². The summed E-state index contributed by atoms with van der Waals surface area (Å²) in [5, 5.41) is 6.09. The van der Waals surface area contributed by atoms with E-state index >= 15 is 0 Å². The molecule has 2 aliphatic heterocycles. The van der Waals surface area contributed by atoms with Gasteiger partial charge in [-0.3, -0.25) is 4.68 Å². The molecular weight excluding hydrogens is 386 g/mol. The third-order valence-electron chi connectivity index (χ3n) is 5.84. The van der Waals surface area contributed by atoms with Crippen LogP contribution in [0.15, 0.2) is 60.5 Å². The van der Waals surface area contributed by atoms with E-state index < -0.39 is 0 Å². The molecule has 31 heavy (non-hydrogen) atoms. The molecule has 0 saturated carbocycles. The van der Waals surface area contributed by atoms with E-state index in [9.17, 15) is 0 Å². The van der Waals surface area contributed by atoms with Crippen LogP contribution in [0.25, 0.3) is 16.6 Å². The van der Waals surface area contributed by atoms with Gasteiger partial charge in [0.15, 0.2) is 0 Å². The molecule has 0 aliphatic carbocycles. The first-order chi connectivity index (χ1) is 14.6. The van der Waals surface area contributed by atoms with Crippen LogP contribution in [-0.4, -0.2) is 33.4 Å². The van der Waals surface area contributed by atoms with E-state index in [0.717, 1.165) is 45.7 Å². The van der Waals surface area contributed by atoms with E-state index in [1.165, 1.54) is 0 Å². The number of rotatable bonds is 5. The molecule has 0 fully saturated rings. The van der Waals surface area contributed by atoms with Gasteiger partial charge in [0.1, 0.15) is 17.0 Å². The fraction of sp³-hybridized carbons (Fsp3) is 0.423. The second-order valence-corrected chi connectivity index (χ2v) is 9.59. The number of nitrogens with zero attached hydrogens (tertiary/aromatic N) is 3. The quantitative estimate of drug-likeness (QED) is 0.566. The Morgan fingerprint density at radius 3 is 2.68 bits per heavy atom. The predicted octanol–water partition coefficient (Wildman–Crippen LogP) is 5.90. The molecule has 0 bridgehead atoms. The Bertz CT molecular complexity index is 1110. The molecule has 1 atom stereocenters. The maximum absolute atomic E-state index is 6.07. The van der Waals surface area contributed by atoms with Gasteiger partial charge >= 0.3 is 0 Å². The van der Waals surface area contributed by atoms with E-state index in [4.69, 9.17) is 14.6 Å². The van der Waals surface area contributed by atoms with Crippen LogP contribution in [0.5, 0.6) is 5.75 Å². The van der Waals surface area contributed by atoms with Gasteiger partial charge in [-0.15, -0.1) is 0 Å². The number of aromatic nitrogens is 2. The summed E-state index contributed by atoms with van der Waals surface area (Å²) in [4.78, 5) is 2.36. The van der Waals surface area contributed by atoms with Gasteiger partial charge in [-0.25, -0.2) is 0 Å². The van der Waals surface area contributed by atoms with Gasteiger partial charge in [-0.05, 0) is 43.9 Å². The summed E-state index contributed by atoms with van der Waals surface area (Å²) in [6.07, 6.45) is 4.38. The first kappa shape index (κ1) is 21.3. The third kappa shape index (κ3) is 3.67. The standard InChI is InChI=1S/C26H33N3O2/c1-9-30-18(5)20-14-28-21(13-17(20)4)25-19-11-10-12-22(31-16(2)3)24(19)27-29(25)15-23(28)26(6,7)8/h10-14,16,23H,4-5,9,15H2,1-3,6-8H3. The summed E-state index contributed by atoms with van der Waals surface area (Å²) in [7, 11) is 0. The van der Waals surface area contributed by atoms with Crippen molar-refractivity contribution in [2.45, 2.75) is 60.2 Å². The Morgan fingerprint density at radius 2 is 2.03 bits per heavy atom. The van der Waals surface area contributed by atoms with E-state index in [0.29, 0.717) is 12.4 Å². The number of benzene rings is 1. The Kier molecular flexibility index (Phi) is 5.24. The average molecular weight is 420 g/mol. The van der Waals surface area contributed by atoms with Crippen molar-refractivity contribution in [2.24, 2.45) is 5.41 Å². The minimum Gasteiger partial charge on any atom is -0.494 e. The van der Waals surface area contributed by atoms with Gasteiger partial charge in [-0.1, -0.05) is 46.1 Å². The Morgan fingerprint density at radius 1 is 1.29 bits per heavy atom. The lowest BCUT2D eigenvalue weighted by Crippen LogP contribution is -2.47. The zero-order valence-electron chi connectivity index (χ0n) is 19.5. The van der Waals surface area contributed by atoms with E-state index in [2.05, 4.69) is 61.9 Å². The molecular formula is C26H33N3O2. The zero-order chi connectivity index (χ0) is 22.5. The molecule has 2 aromatic rings. The molecule has 0 radical (unpaired) electrons. The molecule has 5 nitrogen and oxygen atoms in total. The molecule has 2 aliphatic rings. The van der Waals surface area contributed by atoms with Crippen LogP contribution in [-0.2, 0) is 11.3 Å². The topological polar surface area (TPSA) is 39.5 Å². The smallest absolute Gasteiger partial charge is 0.147 e. The van der Waals surface area contributed by atoms with Crippen LogP contribution >= 0.6 is 0 Å². The van der Waals surface area contributed by atoms with Crippen molar-refractivity contribution < 1.29 is 9.47 Å². The molecule has 3 heterocycles. The van der Waals surface area contributed by atoms with Crippen molar-refractivity contribution in [1.82, 2.24) is 14.7 Å². The molecule has 0 N–H and O–H groups in total. The van der Waals surface area contributed by atoms with Gasteiger partial charge in [-0.2, -0.15) is 5.10 Å². The highest BCUT2D eigenvalue weighted by Gasteiger charge is 2.40. The van der Waals surface area contributed by atoms with Crippen molar-refractivity contribution >= 4 is 16.6 Å². The molecule has 1 aromatic heterocycles. The van der Waals surface area contributed by atoms with Crippen LogP contribution < -0.4 is 4.74 Å². The molecule has 5 heteroatoms. The summed E-state index contributed by atoms with van der Waals surface area (Å²) < 4.78 is 13.9. The highest BCUT2D eigenvalue weighted by molar-refractivity contribution is 5.95. The maximum Gasteiger partial charge on any atom is 0.147 e. The highest BCUT2D eigenvalue weighted by Crippen LogP contribution is 2.44. The second kappa shape index (κ2) is 7.63. The van der Waals surface area contributed by atoms with Crippen LogP contribution in [0.2, 0.25) is 0 Å². The Labute approximate surface area is 185 Å². The molecule has 0 spiro atoms. The first-order valence-electron chi connectivity index (χ1n) is 11.0. The van der Waals surface area contributed by atoms with Gasteiger partial charge in [0.05, 0.1) is 36.7 Å².